The standard InChI is InChI=1S/C16H21N5O/c1-20-13-4-5-14(20)10-21(8-6-13)11-15-18-16(19-22-15)12-3-2-7-17-9-12/h2-3,7,9,13-14H,4-6,8,10-11H2,1H3/t13-,14+/m0/s1. The van der Waals surface area contributed by atoms with E-state index in [1.165, 1.54) is 19.3 Å². The van der Waals surface area contributed by atoms with Gasteiger partial charge in [-0.1, -0.05) is 5.16 Å². The smallest absolute Gasteiger partial charge is 0.241 e. The fraction of sp³-hybridized carbons (Fsp3) is 0.562. The SMILES string of the molecule is CN1[C@H]2CC[C@@H]1CN(Cc1nc(-c3cccnc3)no1)CC2. The lowest BCUT2D eigenvalue weighted by Gasteiger charge is -2.24. The van der Waals surface area contributed by atoms with E-state index in [0.717, 1.165) is 31.2 Å². The largest absolute Gasteiger partial charge is 0.338 e. The van der Waals surface area contributed by atoms with Gasteiger partial charge in [0.2, 0.25) is 11.7 Å². The normalized spacial score (nSPS) is 26.2. The summed E-state index contributed by atoms with van der Waals surface area (Å²) < 4.78 is 5.43. The van der Waals surface area contributed by atoms with E-state index in [-0.39, 0.29) is 0 Å². The number of likely N-dealkylation sites (tertiary alicyclic amines) is 1. The first-order chi connectivity index (χ1) is 10.8. The molecule has 2 aromatic heterocycles. The van der Waals surface area contributed by atoms with Crippen LogP contribution in [0.3, 0.4) is 0 Å². The van der Waals surface area contributed by atoms with E-state index < -0.39 is 0 Å². The number of pyridine rings is 1. The minimum absolute atomic E-state index is 0.622. The molecule has 2 atom stereocenters. The van der Waals surface area contributed by atoms with E-state index in [1.54, 1.807) is 12.4 Å². The van der Waals surface area contributed by atoms with Gasteiger partial charge in [-0.15, -0.1) is 0 Å². The summed E-state index contributed by atoms with van der Waals surface area (Å²) in [5.41, 5.74) is 0.896. The molecular weight excluding hydrogens is 278 g/mol. The molecule has 2 aliphatic heterocycles. The van der Waals surface area contributed by atoms with Gasteiger partial charge in [0.1, 0.15) is 0 Å². The molecule has 0 unspecified atom stereocenters. The van der Waals surface area contributed by atoms with E-state index in [4.69, 9.17) is 4.52 Å². The van der Waals surface area contributed by atoms with Gasteiger partial charge in [-0.3, -0.25) is 14.8 Å². The Morgan fingerprint density at radius 2 is 2.18 bits per heavy atom. The minimum atomic E-state index is 0.622. The van der Waals surface area contributed by atoms with Crippen LogP contribution in [0.1, 0.15) is 25.2 Å². The molecule has 2 bridgehead atoms. The third-order valence-electron chi connectivity index (χ3n) is 4.98. The molecule has 0 aliphatic carbocycles. The Hall–Kier alpha value is -1.79. The first-order valence-corrected chi connectivity index (χ1v) is 7.97. The Labute approximate surface area is 130 Å². The number of hydrogen-bond donors (Lipinski definition) is 0. The van der Waals surface area contributed by atoms with Gasteiger partial charge in [-0.05, 0) is 38.4 Å². The van der Waals surface area contributed by atoms with Crippen LogP contribution in [-0.4, -0.2) is 57.1 Å². The number of rotatable bonds is 3. The molecule has 2 saturated heterocycles. The fourth-order valence-corrected chi connectivity index (χ4v) is 3.65. The van der Waals surface area contributed by atoms with Crippen LogP contribution < -0.4 is 0 Å². The van der Waals surface area contributed by atoms with Crippen LogP contribution in [0, 0.1) is 0 Å². The van der Waals surface area contributed by atoms with Crippen molar-refractivity contribution in [3.63, 3.8) is 0 Å². The zero-order chi connectivity index (χ0) is 14.9. The Kier molecular flexibility index (Phi) is 3.63. The van der Waals surface area contributed by atoms with Crippen molar-refractivity contribution in [2.24, 2.45) is 0 Å². The maximum Gasteiger partial charge on any atom is 0.241 e. The van der Waals surface area contributed by atoms with Crippen molar-refractivity contribution < 1.29 is 4.52 Å². The number of aromatic nitrogens is 3. The van der Waals surface area contributed by atoms with Gasteiger partial charge in [-0.25, -0.2) is 0 Å². The first kappa shape index (κ1) is 13.8. The molecule has 2 aromatic rings. The number of fused-ring (bicyclic) bond motifs is 2. The second-order valence-corrected chi connectivity index (χ2v) is 6.33. The van der Waals surface area contributed by atoms with E-state index in [2.05, 4.69) is 32.0 Å². The maximum absolute atomic E-state index is 5.43. The van der Waals surface area contributed by atoms with Gasteiger partial charge in [0.05, 0.1) is 6.54 Å². The van der Waals surface area contributed by atoms with Gasteiger partial charge in [0, 0.05) is 43.1 Å². The molecule has 6 heteroatoms. The van der Waals surface area contributed by atoms with Crippen molar-refractivity contribution in [3.8, 4) is 11.4 Å². The quantitative estimate of drug-likeness (QED) is 0.861. The highest BCUT2D eigenvalue weighted by Gasteiger charge is 2.34. The molecule has 0 N–H and O–H groups in total. The van der Waals surface area contributed by atoms with Crippen molar-refractivity contribution in [1.29, 1.82) is 0 Å². The van der Waals surface area contributed by atoms with Crippen molar-refractivity contribution in [2.45, 2.75) is 37.9 Å². The number of likely N-dealkylation sites (N-methyl/N-ethyl adjacent to an activating group) is 1. The van der Waals surface area contributed by atoms with Crippen LogP contribution in [0.2, 0.25) is 0 Å². The third-order valence-corrected chi connectivity index (χ3v) is 4.98. The van der Waals surface area contributed by atoms with Crippen LogP contribution in [0.15, 0.2) is 29.0 Å². The molecule has 0 amide bonds. The second kappa shape index (κ2) is 5.78. The topological polar surface area (TPSA) is 58.3 Å². The summed E-state index contributed by atoms with van der Waals surface area (Å²) in [6, 6.07) is 5.26. The monoisotopic (exact) mass is 299 g/mol. The lowest BCUT2D eigenvalue weighted by atomic mass is 10.1. The zero-order valence-electron chi connectivity index (χ0n) is 12.9. The molecular formula is C16H21N5O. The summed E-state index contributed by atoms with van der Waals surface area (Å²) in [5, 5.41) is 4.08. The van der Waals surface area contributed by atoms with Gasteiger partial charge in [0.25, 0.3) is 0 Å². The summed E-state index contributed by atoms with van der Waals surface area (Å²) in [6.07, 6.45) is 7.39. The second-order valence-electron chi connectivity index (χ2n) is 6.33. The molecule has 6 nitrogen and oxygen atoms in total. The first-order valence-electron chi connectivity index (χ1n) is 7.97. The van der Waals surface area contributed by atoms with Crippen molar-refractivity contribution in [1.82, 2.24) is 24.9 Å². The van der Waals surface area contributed by atoms with Crippen LogP contribution in [0.25, 0.3) is 11.4 Å². The molecule has 2 aliphatic rings. The predicted octanol–water partition coefficient (Wildman–Crippen LogP) is 1.80. The Morgan fingerprint density at radius 3 is 3.05 bits per heavy atom. The molecule has 4 heterocycles. The molecule has 0 spiro atoms. The van der Waals surface area contributed by atoms with Gasteiger partial charge in [0.15, 0.2) is 0 Å². The predicted molar refractivity (Wildman–Crippen MR) is 82.0 cm³/mol. The third kappa shape index (κ3) is 2.64. The summed E-state index contributed by atoms with van der Waals surface area (Å²) in [6.45, 7) is 2.94. The molecule has 4 rings (SSSR count). The molecule has 0 saturated carbocycles. The summed E-state index contributed by atoms with van der Waals surface area (Å²) in [4.78, 5) is 13.6. The van der Waals surface area contributed by atoms with E-state index in [0.29, 0.717) is 17.8 Å². The lowest BCUT2D eigenvalue weighted by Crippen LogP contribution is -2.36. The van der Waals surface area contributed by atoms with E-state index in [1.807, 2.05) is 12.1 Å². The number of hydrogen-bond acceptors (Lipinski definition) is 6. The van der Waals surface area contributed by atoms with Crippen LogP contribution in [0.5, 0.6) is 0 Å². The molecule has 0 aromatic carbocycles. The average molecular weight is 299 g/mol. The van der Waals surface area contributed by atoms with E-state index in [9.17, 15) is 0 Å². The highest BCUT2D eigenvalue weighted by atomic mass is 16.5. The minimum Gasteiger partial charge on any atom is -0.338 e. The Bertz CT molecular complexity index is 628. The molecule has 116 valence electrons. The molecule has 0 radical (unpaired) electrons. The number of nitrogens with zero attached hydrogens (tertiary/aromatic N) is 5. The zero-order valence-corrected chi connectivity index (χ0v) is 12.9. The van der Waals surface area contributed by atoms with Gasteiger partial charge < -0.3 is 4.52 Å². The molecule has 22 heavy (non-hydrogen) atoms. The summed E-state index contributed by atoms with van der Waals surface area (Å²) in [7, 11) is 2.26. The summed E-state index contributed by atoms with van der Waals surface area (Å²) >= 11 is 0. The Morgan fingerprint density at radius 1 is 1.27 bits per heavy atom. The van der Waals surface area contributed by atoms with Crippen molar-refractivity contribution in [2.75, 3.05) is 20.1 Å². The lowest BCUT2D eigenvalue weighted by molar-refractivity contribution is 0.196. The highest BCUT2D eigenvalue weighted by molar-refractivity contribution is 5.51. The van der Waals surface area contributed by atoms with Crippen LogP contribution >= 0.6 is 0 Å². The van der Waals surface area contributed by atoms with Gasteiger partial charge in [-0.2, -0.15) is 4.98 Å². The van der Waals surface area contributed by atoms with E-state index >= 15 is 0 Å². The summed E-state index contributed by atoms with van der Waals surface area (Å²) in [5.74, 6) is 1.32. The average Bonchev–Trinajstić information content (AvgIpc) is 3.08. The maximum atomic E-state index is 5.43. The van der Waals surface area contributed by atoms with Gasteiger partial charge >= 0.3 is 0 Å². The van der Waals surface area contributed by atoms with Crippen LogP contribution in [-0.2, 0) is 6.54 Å². The Balaban J connectivity index is 1.45. The fourth-order valence-electron chi connectivity index (χ4n) is 3.65. The van der Waals surface area contributed by atoms with Crippen molar-refractivity contribution >= 4 is 0 Å². The highest BCUT2D eigenvalue weighted by Crippen LogP contribution is 2.29. The molecule has 2 fully saturated rings. The van der Waals surface area contributed by atoms with Crippen molar-refractivity contribution in [3.05, 3.63) is 30.4 Å². The van der Waals surface area contributed by atoms with Crippen LogP contribution in [0.4, 0.5) is 0 Å².